The zero-order valence-corrected chi connectivity index (χ0v) is 37.4. The molecule has 6 aliphatic carbocycles. The molecule has 2 aromatic carbocycles. The van der Waals surface area contributed by atoms with E-state index >= 15 is 0 Å². The predicted octanol–water partition coefficient (Wildman–Crippen LogP) is -0.672. The minimum Gasteiger partial charge on any atom is -0.508 e. The number of phenolic OH excluding ortho intramolecular Hbond substituents is 2. The fourth-order valence-corrected chi connectivity index (χ4v) is 11.1. The molecule has 22 nitrogen and oxygen atoms in total. The first-order chi connectivity index (χ1) is 31.6. The number of aliphatic hydroxyl groups is 6. The highest BCUT2D eigenvalue weighted by Gasteiger charge is 2.66. The number of ketones is 4. The standard InChI is InChI=1S/C24H27N3O8.C22H22N2O9/c1-26(2)17-12-8-9-7-11-10(23(34)27(3)4)5-6-13(28)15(11)18(29)14(9)20(31)24(12,35)21(32)16(19(17)30)22(25)33;1-24(2)15-10-6-7-5-9-8(21(31)32)3-4-11(25)13(9)16(26)12(7)18(28)22(10,33)19(29)14(17(15)27)20(23)30/h5-6,9,12,17,28-29,32,35H,7-8H2,1-4H3,(H2,25,33);3-4,7,10,15,25-26,29,33H,5-6H2,1-2H3,(H2,23,30)(H,31,32)/t9-,12-,17-,24-;7-,10-,15-,22-/m00/s1. The average molecular weight is 944 g/mol. The lowest BCUT2D eigenvalue weighted by Crippen LogP contribution is -2.65. The van der Waals surface area contributed by atoms with Gasteiger partial charge in [0.15, 0.2) is 22.8 Å². The summed E-state index contributed by atoms with van der Waals surface area (Å²) in [5.41, 5.74) is 2.88. The zero-order chi connectivity index (χ0) is 50.7. The monoisotopic (exact) mass is 943 g/mol. The topological polar surface area (TPSA) is 380 Å². The predicted molar refractivity (Wildman–Crippen MR) is 233 cm³/mol. The molecule has 6 aliphatic rings. The molecule has 0 aliphatic heterocycles. The molecule has 0 bridgehead atoms. The van der Waals surface area contributed by atoms with E-state index < -0.39 is 128 Å². The number of aromatic carboxylic acids is 1. The molecule has 3 amide bonds. The van der Waals surface area contributed by atoms with Crippen molar-refractivity contribution in [1.82, 2.24) is 14.7 Å². The Hall–Kier alpha value is -7.40. The molecule has 0 unspecified atom stereocenters. The third-order valence-corrected chi connectivity index (χ3v) is 14.1. The average Bonchev–Trinajstić information content (AvgIpc) is 3.23. The Labute approximate surface area is 386 Å². The first kappa shape index (κ1) is 48.5. The van der Waals surface area contributed by atoms with Crippen molar-refractivity contribution in [1.29, 1.82) is 0 Å². The highest BCUT2D eigenvalue weighted by atomic mass is 16.4. The minimum absolute atomic E-state index is 0.0446. The molecule has 8 atom stereocenters. The van der Waals surface area contributed by atoms with Crippen LogP contribution < -0.4 is 11.5 Å². The van der Waals surface area contributed by atoms with Crippen LogP contribution in [0.15, 0.2) is 58.1 Å². The Morgan fingerprint density at radius 3 is 1.26 bits per heavy atom. The molecular weight excluding hydrogens is 895 g/mol. The van der Waals surface area contributed by atoms with Gasteiger partial charge in [-0.2, -0.15) is 0 Å². The highest BCUT2D eigenvalue weighted by molar-refractivity contribution is 6.25. The van der Waals surface area contributed by atoms with E-state index in [1.165, 1.54) is 61.1 Å². The third-order valence-electron chi connectivity index (χ3n) is 14.1. The molecule has 2 saturated carbocycles. The van der Waals surface area contributed by atoms with E-state index in [4.69, 9.17) is 11.5 Å². The Bertz CT molecular complexity index is 2860. The number of aromatic hydroxyl groups is 2. The van der Waals surface area contributed by atoms with Crippen LogP contribution in [0.25, 0.3) is 11.5 Å². The number of carbonyl (C=O) groups excluding carboxylic acids is 7. The summed E-state index contributed by atoms with van der Waals surface area (Å²) in [5.74, 6) is -16.7. The van der Waals surface area contributed by atoms with Crippen molar-refractivity contribution in [2.24, 2.45) is 35.1 Å². The normalized spacial score (nSPS) is 28.5. The Morgan fingerprint density at radius 2 is 0.941 bits per heavy atom. The summed E-state index contributed by atoms with van der Waals surface area (Å²) in [4.78, 5) is 106. The number of benzene rings is 2. The number of hydrogen-bond acceptors (Lipinski definition) is 18. The fraction of sp³-hybridized carbons (Fsp3) is 0.391. The summed E-state index contributed by atoms with van der Waals surface area (Å²) in [6, 6.07) is 2.52. The number of fused-ring (bicyclic) bond motifs is 6. The molecule has 8 rings (SSSR count). The molecule has 0 saturated heterocycles. The summed E-state index contributed by atoms with van der Waals surface area (Å²) in [5, 5.41) is 96.9. The van der Waals surface area contributed by atoms with Gasteiger partial charge in [0.2, 0.25) is 11.6 Å². The molecule has 0 aromatic heterocycles. The van der Waals surface area contributed by atoms with Gasteiger partial charge in [0, 0.05) is 42.6 Å². The zero-order valence-electron chi connectivity index (χ0n) is 37.4. The van der Waals surface area contributed by atoms with Gasteiger partial charge in [-0.1, -0.05) is 0 Å². The van der Waals surface area contributed by atoms with Gasteiger partial charge in [0.1, 0.15) is 45.7 Å². The quantitative estimate of drug-likeness (QED) is 0.160. The number of carboxylic acid groups (broad SMARTS) is 1. The number of Topliss-reactive ketones (excluding diaryl/α,β-unsaturated/α-hetero) is 4. The van der Waals surface area contributed by atoms with E-state index in [9.17, 15) is 84.3 Å². The molecule has 0 heterocycles. The number of carbonyl (C=O) groups is 8. The van der Waals surface area contributed by atoms with E-state index in [1.54, 1.807) is 14.1 Å². The number of primary amides is 2. The van der Waals surface area contributed by atoms with Crippen molar-refractivity contribution < 1.29 is 84.3 Å². The number of amides is 3. The fourth-order valence-electron chi connectivity index (χ4n) is 11.1. The second-order valence-corrected chi connectivity index (χ2v) is 18.4. The van der Waals surface area contributed by atoms with Gasteiger partial charge in [-0.05, 0) is 101 Å². The number of nitrogens with two attached hydrogens (primary N) is 2. The summed E-state index contributed by atoms with van der Waals surface area (Å²) in [7, 11) is 9.15. The van der Waals surface area contributed by atoms with Crippen LogP contribution in [0.3, 0.4) is 0 Å². The molecular formula is C46H49N5O17. The molecule has 0 spiro atoms. The lowest BCUT2D eigenvalue weighted by molar-refractivity contribution is -0.155. The van der Waals surface area contributed by atoms with Gasteiger partial charge in [-0.25, -0.2) is 4.79 Å². The first-order valence-corrected chi connectivity index (χ1v) is 21.0. The number of rotatable bonds is 6. The van der Waals surface area contributed by atoms with Crippen LogP contribution in [0.1, 0.15) is 55.8 Å². The van der Waals surface area contributed by atoms with E-state index in [0.717, 1.165) is 6.07 Å². The second-order valence-electron chi connectivity index (χ2n) is 18.4. The lowest BCUT2D eigenvalue weighted by Gasteiger charge is -2.50. The number of likely N-dealkylation sites (N-methyl/N-ethyl adjacent to an activating group) is 2. The van der Waals surface area contributed by atoms with E-state index in [-0.39, 0.29) is 76.3 Å². The van der Waals surface area contributed by atoms with Crippen LogP contribution >= 0.6 is 0 Å². The second kappa shape index (κ2) is 16.4. The van der Waals surface area contributed by atoms with Gasteiger partial charge in [-0.15, -0.1) is 0 Å². The van der Waals surface area contributed by atoms with Crippen molar-refractivity contribution in [2.75, 3.05) is 42.3 Å². The van der Waals surface area contributed by atoms with Crippen LogP contribution in [0.4, 0.5) is 0 Å². The van der Waals surface area contributed by atoms with Gasteiger partial charge >= 0.3 is 5.97 Å². The smallest absolute Gasteiger partial charge is 0.335 e. The molecule has 22 heteroatoms. The van der Waals surface area contributed by atoms with Crippen molar-refractivity contribution in [3.05, 3.63) is 91.5 Å². The van der Waals surface area contributed by atoms with E-state index in [2.05, 4.69) is 0 Å². The first-order valence-electron chi connectivity index (χ1n) is 21.0. The third kappa shape index (κ3) is 6.68. The van der Waals surface area contributed by atoms with Gasteiger partial charge in [-0.3, -0.25) is 43.4 Å². The van der Waals surface area contributed by atoms with Crippen LogP contribution in [-0.2, 0) is 41.6 Å². The molecule has 0 radical (unpaired) electrons. The lowest BCUT2D eigenvalue weighted by atomic mass is 9.57. The Balaban J connectivity index is 0.000000202. The summed E-state index contributed by atoms with van der Waals surface area (Å²) in [6.07, 6.45) is -0.181. The summed E-state index contributed by atoms with van der Waals surface area (Å²) < 4.78 is 0. The highest BCUT2D eigenvalue weighted by Crippen LogP contribution is 2.55. The number of aliphatic hydroxyl groups excluding tert-OH is 4. The number of nitrogens with zero attached hydrogens (tertiary/aromatic N) is 3. The molecule has 2 fully saturated rings. The Morgan fingerprint density at radius 1 is 0.588 bits per heavy atom. The van der Waals surface area contributed by atoms with Crippen LogP contribution in [0, 0.1) is 23.7 Å². The van der Waals surface area contributed by atoms with Crippen molar-refractivity contribution in [3.8, 4) is 11.5 Å². The molecule has 360 valence electrons. The number of phenols is 2. The van der Waals surface area contributed by atoms with Gasteiger partial charge < -0.3 is 62.3 Å². The van der Waals surface area contributed by atoms with Crippen LogP contribution in [-0.4, -0.2) is 173 Å². The number of hydrogen-bond donors (Lipinski definition) is 11. The molecule has 13 N–H and O–H groups in total. The van der Waals surface area contributed by atoms with Crippen molar-refractivity contribution in [3.63, 3.8) is 0 Å². The maximum Gasteiger partial charge on any atom is 0.335 e. The van der Waals surface area contributed by atoms with Crippen molar-refractivity contribution >= 4 is 58.3 Å². The molecule has 68 heavy (non-hydrogen) atoms. The van der Waals surface area contributed by atoms with Crippen LogP contribution in [0.5, 0.6) is 11.5 Å². The van der Waals surface area contributed by atoms with Crippen molar-refractivity contribution in [2.45, 2.75) is 49.0 Å². The largest absolute Gasteiger partial charge is 0.508 e. The molecule has 2 aromatic rings. The summed E-state index contributed by atoms with van der Waals surface area (Å²) in [6.45, 7) is 0. The maximum atomic E-state index is 13.7. The SMILES string of the molecule is CN(C)C(=O)c1ccc(O)c2c1C[C@H]1C[C@H]3[C@H](N(C)C)C(=O)C(C(N)=O)=C(O)[C@@]3(O)C(=O)C1=C2O.CN(C)[C@@H]1C(=O)C(C(N)=O)=C(O)[C@@]2(O)C(=O)C3=C(O)c4c(O)ccc(C(=O)O)c4C[C@H]3C[C@@H]12. The Kier molecular flexibility index (Phi) is 11.7. The van der Waals surface area contributed by atoms with E-state index in [1.807, 2.05) is 0 Å². The van der Waals surface area contributed by atoms with Gasteiger partial charge in [0.05, 0.1) is 28.8 Å². The number of carboxylic acids is 1. The summed E-state index contributed by atoms with van der Waals surface area (Å²) >= 11 is 0. The minimum atomic E-state index is -2.73. The van der Waals surface area contributed by atoms with Gasteiger partial charge in [0.25, 0.3) is 17.7 Å². The van der Waals surface area contributed by atoms with E-state index in [0.29, 0.717) is 5.56 Å². The van der Waals surface area contributed by atoms with Crippen LogP contribution in [0.2, 0.25) is 0 Å². The maximum absolute atomic E-state index is 13.7.